The van der Waals surface area contributed by atoms with Crippen molar-refractivity contribution < 1.29 is 97.0 Å². The van der Waals surface area contributed by atoms with Crippen molar-refractivity contribution >= 4 is 67.3 Å². The van der Waals surface area contributed by atoms with E-state index in [9.17, 15) is 26.3 Å². The second-order valence-corrected chi connectivity index (χ2v) is 15.1. The summed E-state index contributed by atoms with van der Waals surface area (Å²) in [6, 6.07) is 0. The summed E-state index contributed by atoms with van der Waals surface area (Å²) in [5.74, 6) is 0. The SMILES string of the molecule is Cn1ccnc1SCSc1nccn1C.Cn1ccnc1SCSc1nccn1C.O=S(=O)([O-])C(F)(F)F.O=S(=O)([O-])C(F)(F)F.[Ag+].[Ag+]. The third-order valence-electron chi connectivity index (χ3n) is 4.43. The summed E-state index contributed by atoms with van der Waals surface area (Å²) in [5, 5.41) is 6.01. The summed E-state index contributed by atoms with van der Waals surface area (Å²) in [6.45, 7) is 0. The molecular weight excluding hydrogens is 970 g/mol. The Morgan fingerprint density at radius 3 is 0.812 bits per heavy atom. The van der Waals surface area contributed by atoms with Gasteiger partial charge in [-0.2, -0.15) is 26.3 Å². The normalized spacial score (nSPS) is 11.4. The molecule has 48 heavy (non-hydrogen) atoms. The first-order chi connectivity index (χ1) is 21.0. The molecule has 4 aromatic heterocycles. The molecule has 0 bridgehead atoms. The summed E-state index contributed by atoms with van der Waals surface area (Å²) in [6.07, 6.45) is 15.1. The molecule has 0 atom stereocenters. The largest absolute Gasteiger partial charge is 1.00 e. The molecule has 0 aliphatic rings. The Morgan fingerprint density at radius 1 is 0.542 bits per heavy atom. The molecule has 28 heteroatoms. The third-order valence-corrected chi connectivity index (χ3v) is 10.1. The van der Waals surface area contributed by atoms with Crippen molar-refractivity contribution in [3.63, 3.8) is 0 Å². The van der Waals surface area contributed by atoms with Gasteiger partial charge in [0.2, 0.25) is 0 Å². The van der Waals surface area contributed by atoms with Crippen molar-refractivity contribution in [2.45, 2.75) is 31.6 Å². The molecule has 0 unspecified atom stereocenters. The number of aromatic nitrogens is 8. The molecule has 4 aromatic rings. The molecule has 14 nitrogen and oxygen atoms in total. The van der Waals surface area contributed by atoms with E-state index in [-0.39, 0.29) is 44.8 Å². The molecule has 0 fully saturated rings. The van der Waals surface area contributed by atoms with Crippen LogP contribution in [0.5, 0.6) is 0 Å². The Balaban J connectivity index is 0. The first kappa shape index (κ1) is 49.2. The number of alkyl halides is 6. The summed E-state index contributed by atoms with van der Waals surface area (Å²) < 4.78 is 126. The van der Waals surface area contributed by atoms with Gasteiger partial charge in [-0.25, -0.2) is 36.8 Å². The van der Waals surface area contributed by atoms with Gasteiger partial charge < -0.3 is 27.4 Å². The number of hydrogen-bond donors (Lipinski definition) is 0. The van der Waals surface area contributed by atoms with Crippen molar-refractivity contribution in [2.75, 3.05) is 10.2 Å². The van der Waals surface area contributed by atoms with Crippen LogP contribution in [0.3, 0.4) is 0 Å². The number of rotatable bonds is 8. The molecule has 0 saturated carbocycles. The molecular formula is C20H24Ag2F6N8O6S6. The maximum atomic E-state index is 10.7. The van der Waals surface area contributed by atoms with Crippen molar-refractivity contribution in [1.29, 1.82) is 0 Å². The van der Waals surface area contributed by atoms with Gasteiger partial charge in [-0.05, 0) is 0 Å². The number of thioether (sulfide) groups is 4. The van der Waals surface area contributed by atoms with E-state index in [0.29, 0.717) is 0 Å². The van der Waals surface area contributed by atoms with E-state index in [1.165, 1.54) is 0 Å². The van der Waals surface area contributed by atoms with Gasteiger partial charge in [0.25, 0.3) is 0 Å². The van der Waals surface area contributed by atoms with Crippen LogP contribution < -0.4 is 0 Å². The summed E-state index contributed by atoms with van der Waals surface area (Å²) in [7, 11) is -4.18. The molecule has 0 radical (unpaired) electrons. The fraction of sp³-hybridized carbons (Fsp3) is 0.400. The van der Waals surface area contributed by atoms with Crippen LogP contribution >= 0.6 is 47.0 Å². The summed E-state index contributed by atoms with van der Waals surface area (Å²) >= 11 is 6.89. The van der Waals surface area contributed by atoms with Crippen molar-refractivity contribution in [3.05, 3.63) is 49.6 Å². The zero-order valence-corrected chi connectivity index (χ0v) is 32.2. The van der Waals surface area contributed by atoms with Gasteiger partial charge in [-0.3, -0.25) is 0 Å². The van der Waals surface area contributed by atoms with E-state index >= 15 is 0 Å². The Labute approximate surface area is 319 Å². The quantitative estimate of drug-likeness (QED) is 0.0614. The molecule has 0 aliphatic heterocycles. The zero-order chi connectivity index (χ0) is 35.3. The first-order valence-electron chi connectivity index (χ1n) is 11.5. The van der Waals surface area contributed by atoms with Gasteiger partial charge in [-0.1, -0.05) is 47.0 Å². The number of aryl methyl sites for hydroxylation is 4. The second kappa shape index (κ2) is 22.1. The topological polar surface area (TPSA) is 186 Å². The molecule has 0 aliphatic carbocycles. The third kappa shape index (κ3) is 18.4. The minimum atomic E-state index is -6.09. The Morgan fingerprint density at radius 2 is 0.708 bits per heavy atom. The summed E-state index contributed by atoms with van der Waals surface area (Å²) in [5.41, 5.74) is -11.3. The monoisotopic (exact) mass is 992 g/mol. The van der Waals surface area contributed by atoms with Crippen LogP contribution in [-0.4, -0.2) is 85.3 Å². The molecule has 0 saturated heterocycles. The van der Waals surface area contributed by atoms with Gasteiger partial charge in [0.15, 0.2) is 40.9 Å². The van der Waals surface area contributed by atoms with Gasteiger partial charge in [0, 0.05) is 77.8 Å². The molecule has 0 amide bonds. The Kier molecular flexibility index (Phi) is 22.7. The van der Waals surface area contributed by atoms with Crippen LogP contribution in [0.2, 0.25) is 0 Å². The Bertz CT molecular complexity index is 1510. The number of hydrogen-bond acceptors (Lipinski definition) is 14. The number of imidazole rings is 4. The van der Waals surface area contributed by atoms with Crippen molar-refractivity contribution in [1.82, 2.24) is 38.2 Å². The van der Waals surface area contributed by atoms with E-state index in [1.807, 2.05) is 96.0 Å². The van der Waals surface area contributed by atoms with E-state index in [2.05, 4.69) is 19.9 Å². The van der Waals surface area contributed by atoms with Gasteiger partial charge in [0.1, 0.15) is 0 Å². The van der Waals surface area contributed by atoms with Crippen LogP contribution in [0.25, 0.3) is 0 Å². The number of halogens is 6. The van der Waals surface area contributed by atoms with E-state index in [1.54, 1.807) is 47.0 Å². The number of nitrogens with zero attached hydrogens (tertiary/aromatic N) is 8. The summed E-state index contributed by atoms with van der Waals surface area (Å²) in [4.78, 5) is 17.0. The second-order valence-electron chi connectivity index (χ2n) is 7.90. The van der Waals surface area contributed by atoms with Gasteiger partial charge in [0.05, 0.1) is 10.2 Å². The van der Waals surface area contributed by atoms with Gasteiger partial charge in [-0.15, -0.1) is 0 Å². The molecule has 0 N–H and O–H groups in total. The standard InChI is InChI=1S/2C9H12N4S2.2CHF3O3S.2Ag/c2*1-12-5-3-10-8(12)14-7-15-9-11-4-6-13(9)2;2*2-1(3,4)8(5,6)7;;/h2*3-6H,7H2,1-2H3;2*(H,5,6,7);;/q;;;;2*+1/p-2. The maximum absolute atomic E-state index is 10.7. The Hall–Kier alpha value is -0.879. The fourth-order valence-corrected chi connectivity index (χ4v) is 5.99. The van der Waals surface area contributed by atoms with E-state index in [4.69, 9.17) is 25.9 Å². The predicted octanol–water partition coefficient (Wildman–Crippen LogP) is 4.09. The van der Waals surface area contributed by atoms with Crippen LogP contribution in [0.15, 0.2) is 70.2 Å². The van der Waals surface area contributed by atoms with E-state index in [0.717, 1.165) is 30.8 Å². The van der Waals surface area contributed by atoms with Crippen molar-refractivity contribution in [3.8, 4) is 0 Å². The molecule has 4 heterocycles. The molecule has 4 rings (SSSR count). The maximum Gasteiger partial charge on any atom is 1.00 e. The smallest absolute Gasteiger partial charge is 0.741 e. The van der Waals surface area contributed by atoms with Gasteiger partial charge >= 0.3 is 55.8 Å². The predicted molar refractivity (Wildman–Crippen MR) is 157 cm³/mol. The average molecular weight is 995 g/mol. The minimum Gasteiger partial charge on any atom is -0.741 e. The first-order valence-corrected chi connectivity index (χ1v) is 18.2. The molecule has 280 valence electrons. The zero-order valence-electron chi connectivity index (χ0n) is 24.4. The van der Waals surface area contributed by atoms with Crippen LogP contribution in [0, 0.1) is 0 Å². The average Bonchev–Trinajstić information content (AvgIpc) is 3.71. The van der Waals surface area contributed by atoms with Crippen molar-refractivity contribution in [2.24, 2.45) is 28.2 Å². The van der Waals surface area contributed by atoms with Crippen LogP contribution in [-0.2, 0) is 93.2 Å². The fourth-order valence-electron chi connectivity index (χ4n) is 2.23. The van der Waals surface area contributed by atoms with Crippen LogP contribution in [0.4, 0.5) is 26.3 Å². The van der Waals surface area contributed by atoms with E-state index < -0.39 is 31.3 Å². The van der Waals surface area contributed by atoms with Crippen LogP contribution in [0.1, 0.15) is 0 Å². The molecule has 0 spiro atoms. The molecule has 0 aromatic carbocycles. The minimum absolute atomic E-state index is 0.